The molecule has 0 radical (unpaired) electrons. The number of aryl methyl sites for hydroxylation is 2. The second kappa shape index (κ2) is 7.99. The Kier molecular flexibility index (Phi) is 5.72. The summed E-state index contributed by atoms with van der Waals surface area (Å²) >= 11 is 8.86. The zero-order valence-corrected chi connectivity index (χ0v) is 16.0. The van der Waals surface area contributed by atoms with Crippen LogP contribution in [0.4, 0.5) is 5.69 Å². The van der Waals surface area contributed by atoms with Crippen LogP contribution >= 0.6 is 34.7 Å². The van der Waals surface area contributed by atoms with Gasteiger partial charge in [0, 0.05) is 5.38 Å². The minimum Gasteiger partial charge on any atom is -0.416 e. The molecular weight excluding hydrogens is 380 g/mol. The summed E-state index contributed by atoms with van der Waals surface area (Å²) in [5.41, 5.74) is 2.52. The summed E-state index contributed by atoms with van der Waals surface area (Å²) in [5, 5.41) is 14.5. The van der Waals surface area contributed by atoms with Gasteiger partial charge in [-0.2, -0.15) is 0 Å². The Morgan fingerprint density at radius 2 is 2.20 bits per heavy atom. The number of nitrogens with zero attached hydrogens (tertiary/aromatic N) is 3. The van der Waals surface area contributed by atoms with Gasteiger partial charge in [-0.15, -0.1) is 21.5 Å². The van der Waals surface area contributed by atoms with Crippen molar-refractivity contribution in [3.05, 3.63) is 50.8 Å². The van der Waals surface area contributed by atoms with E-state index in [1.54, 1.807) is 23.5 Å². The highest BCUT2D eigenvalue weighted by atomic mass is 35.5. The molecule has 0 saturated carbocycles. The molecule has 0 aliphatic heterocycles. The van der Waals surface area contributed by atoms with Crippen LogP contribution in [0.15, 0.2) is 33.2 Å². The van der Waals surface area contributed by atoms with Gasteiger partial charge in [0.2, 0.25) is 11.8 Å². The molecule has 0 spiro atoms. The molecule has 3 rings (SSSR count). The fraction of sp³-hybridized carbons (Fsp3) is 0.250. The van der Waals surface area contributed by atoms with Crippen LogP contribution in [0.3, 0.4) is 0 Å². The normalized spacial score (nSPS) is 10.8. The van der Waals surface area contributed by atoms with E-state index in [-0.39, 0.29) is 11.7 Å². The number of nitrogens with one attached hydrogen (secondary N) is 1. The molecule has 3 aromatic rings. The van der Waals surface area contributed by atoms with Gasteiger partial charge in [-0.05, 0) is 31.5 Å². The van der Waals surface area contributed by atoms with Crippen LogP contribution in [-0.4, -0.2) is 26.8 Å². The minimum absolute atomic E-state index is 0.154. The number of benzene rings is 1. The molecule has 0 aliphatic rings. The molecule has 0 aliphatic carbocycles. The van der Waals surface area contributed by atoms with E-state index < -0.39 is 0 Å². The third kappa shape index (κ3) is 5.04. The highest BCUT2D eigenvalue weighted by molar-refractivity contribution is 7.99. The number of carbonyl (C=O) groups is 1. The molecule has 0 saturated heterocycles. The Morgan fingerprint density at radius 1 is 1.36 bits per heavy atom. The average Bonchev–Trinajstić information content (AvgIpc) is 3.17. The monoisotopic (exact) mass is 394 g/mol. The van der Waals surface area contributed by atoms with Crippen molar-refractivity contribution < 1.29 is 9.21 Å². The second-order valence-corrected chi connectivity index (χ2v) is 7.71. The maximum absolute atomic E-state index is 12.0. The number of anilines is 1. The predicted molar refractivity (Wildman–Crippen MR) is 99.5 cm³/mol. The number of amides is 1. The lowest BCUT2D eigenvalue weighted by molar-refractivity contribution is -0.113. The molecule has 9 heteroatoms. The van der Waals surface area contributed by atoms with Crippen LogP contribution in [0.5, 0.6) is 0 Å². The number of halogens is 1. The van der Waals surface area contributed by atoms with Crippen LogP contribution in [0.2, 0.25) is 5.02 Å². The van der Waals surface area contributed by atoms with Gasteiger partial charge in [0.1, 0.15) is 0 Å². The van der Waals surface area contributed by atoms with Gasteiger partial charge < -0.3 is 9.73 Å². The van der Waals surface area contributed by atoms with Crippen molar-refractivity contribution in [1.82, 2.24) is 15.2 Å². The van der Waals surface area contributed by atoms with E-state index in [0.717, 1.165) is 16.3 Å². The Labute approximate surface area is 158 Å². The van der Waals surface area contributed by atoms with Crippen molar-refractivity contribution in [3.8, 4) is 0 Å². The number of hydrogen-bond acceptors (Lipinski definition) is 7. The van der Waals surface area contributed by atoms with E-state index in [2.05, 4.69) is 20.5 Å². The Bertz CT molecular complexity index is 894. The van der Waals surface area contributed by atoms with Crippen LogP contribution in [-0.2, 0) is 11.2 Å². The molecule has 1 aromatic carbocycles. The minimum atomic E-state index is -0.189. The third-order valence-electron chi connectivity index (χ3n) is 3.17. The number of rotatable bonds is 6. The number of aromatic nitrogens is 3. The number of hydrogen-bond donors (Lipinski definition) is 1. The van der Waals surface area contributed by atoms with Crippen molar-refractivity contribution in [2.45, 2.75) is 25.5 Å². The first-order chi connectivity index (χ1) is 12.0. The van der Waals surface area contributed by atoms with Crippen LogP contribution < -0.4 is 5.32 Å². The molecule has 2 heterocycles. The largest absolute Gasteiger partial charge is 0.416 e. The molecule has 6 nitrogen and oxygen atoms in total. The summed E-state index contributed by atoms with van der Waals surface area (Å²) in [5.74, 6) is 0.446. The number of thioether (sulfide) groups is 1. The van der Waals surface area contributed by atoms with Crippen molar-refractivity contribution >= 4 is 46.3 Å². The first-order valence-corrected chi connectivity index (χ1v) is 9.66. The standard InChI is InChI=1S/C16H15ClN4O2S2/c1-9-3-4-13(12(17)5-9)19-14(22)8-25-16-21-20-15(23-16)6-11-7-24-10(2)18-11/h3-5,7H,6,8H2,1-2H3,(H,19,22). The predicted octanol–water partition coefficient (Wildman–Crippen LogP) is 4.12. The molecule has 130 valence electrons. The highest BCUT2D eigenvalue weighted by Crippen LogP contribution is 2.24. The van der Waals surface area contributed by atoms with Crippen molar-refractivity contribution in [2.75, 3.05) is 11.1 Å². The summed E-state index contributed by atoms with van der Waals surface area (Å²) in [6.45, 7) is 3.88. The van der Waals surface area contributed by atoms with Gasteiger partial charge in [0.25, 0.3) is 5.22 Å². The van der Waals surface area contributed by atoms with Crippen LogP contribution in [0.1, 0.15) is 22.2 Å². The van der Waals surface area contributed by atoms with Gasteiger partial charge in [-0.25, -0.2) is 4.98 Å². The molecule has 1 amide bonds. The van der Waals surface area contributed by atoms with Gasteiger partial charge >= 0.3 is 0 Å². The summed E-state index contributed by atoms with van der Waals surface area (Å²) in [6, 6.07) is 5.47. The molecular formula is C16H15ClN4O2S2. The van der Waals surface area contributed by atoms with E-state index in [9.17, 15) is 4.79 Å². The maximum atomic E-state index is 12.0. The zero-order valence-electron chi connectivity index (χ0n) is 13.6. The summed E-state index contributed by atoms with van der Waals surface area (Å²) in [7, 11) is 0. The maximum Gasteiger partial charge on any atom is 0.277 e. The quantitative estimate of drug-likeness (QED) is 0.633. The van der Waals surface area contributed by atoms with Gasteiger partial charge in [0.15, 0.2) is 0 Å². The third-order valence-corrected chi connectivity index (χ3v) is 5.13. The molecule has 2 aromatic heterocycles. The smallest absolute Gasteiger partial charge is 0.277 e. The Hall–Kier alpha value is -1.90. The topological polar surface area (TPSA) is 80.9 Å². The Balaban J connectivity index is 1.52. The first kappa shape index (κ1) is 17.9. The van der Waals surface area contributed by atoms with E-state index in [4.69, 9.17) is 16.0 Å². The number of carbonyl (C=O) groups excluding carboxylic acids is 1. The van der Waals surface area contributed by atoms with E-state index in [1.165, 1.54) is 11.8 Å². The molecule has 0 unspecified atom stereocenters. The second-order valence-electron chi connectivity index (χ2n) is 5.32. The lowest BCUT2D eigenvalue weighted by atomic mass is 10.2. The molecule has 0 atom stereocenters. The fourth-order valence-electron chi connectivity index (χ4n) is 2.05. The number of thiazole rings is 1. The molecule has 1 N–H and O–H groups in total. The van der Waals surface area contributed by atoms with Crippen LogP contribution in [0.25, 0.3) is 0 Å². The lowest BCUT2D eigenvalue weighted by Crippen LogP contribution is -2.14. The molecule has 0 bridgehead atoms. The van der Waals surface area contributed by atoms with Crippen LogP contribution in [0, 0.1) is 13.8 Å². The summed E-state index contributed by atoms with van der Waals surface area (Å²) in [4.78, 5) is 16.4. The van der Waals surface area contributed by atoms with Gasteiger partial charge in [0.05, 0.1) is 33.6 Å². The lowest BCUT2D eigenvalue weighted by Gasteiger charge is -2.06. The molecule has 0 fully saturated rings. The molecule has 25 heavy (non-hydrogen) atoms. The van der Waals surface area contributed by atoms with Gasteiger partial charge in [-0.1, -0.05) is 29.4 Å². The fourth-order valence-corrected chi connectivity index (χ4v) is 3.52. The van der Waals surface area contributed by atoms with E-state index >= 15 is 0 Å². The van der Waals surface area contributed by atoms with Crippen molar-refractivity contribution in [1.29, 1.82) is 0 Å². The zero-order chi connectivity index (χ0) is 17.8. The van der Waals surface area contributed by atoms with Crippen molar-refractivity contribution in [3.63, 3.8) is 0 Å². The van der Waals surface area contributed by atoms with Gasteiger partial charge in [-0.3, -0.25) is 4.79 Å². The Morgan fingerprint density at radius 3 is 2.92 bits per heavy atom. The van der Waals surface area contributed by atoms with Crippen molar-refractivity contribution in [2.24, 2.45) is 0 Å². The first-order valence-electron chi connectivity index (χ1n) is 7.42. The summed E-state index contributed by atoms with van der Waals surface area (Å²) < 4.78 is 5.54. The average molecular weight is 395 g/mol. The highest BCUT2D eigenvalue weighted by Gasteiger charge is 2.12. The summed E-state index contributed by atoms with van der Waals surface area (Å²) in [6.07, 6.45) is 0.489. The van der Waals surface area contributed by atoms with E-state index in [1.807, 2.05) is 25.3 Å². The SMILES string of the molecule is Cc1ccc(NC(=O)CSc2nnc(Cc3csc(C)n3)o2)c(Cl)c1. The van der Waals surface area contributed by atoms with E-state index in [0.29, 0.717) is 28.2 Å².